The van der Waals surface area contributed by atoms with Crippen molar-refractivity contribution in [1.29, 1.82) is 0 Å². The van der Waals surface area contributed by atoms with E-state index in [2.05, 4.69) is 18.9 Å². The van der Waals surface area contributed by atoms with Crippen molar-refractivity contribution in [3.8, 4) is 0 Å². The fraction of sp³-hybridized carbons (Fsp3) is 1.00. The number of hydrogen-bond donors (Lipinski definition) is 1. The molecule has 11 heavy (non-hydrogen) atoms. The monoisotopic (exact) mass is 157 g/mol. The standard InChI is InChI=1S/C9H19NO/c1-3-4-8-5-6-9(7-11)10(8)2/h8-9,11H,3-7H2,1-2H3/t8-,9-/m1/s1. The van der Waals surface area contributed by atoms with Gasteiger partial charge in [-0.05, 0) is 26.3 Å². The zero-order chi connectivity index (χ0) is 8.27. The Balaban J connectivity index is 2.35. The first-order valence-electron chi connectivity index (χ1n) is 4.62. The molecule has 0 aromatic carbocycles. The third-order valence-corrected chi connectivity index (χ3v) is 2.82. The van der Waals surface area contributed by atoms with E-state index >= 15 is 0 Å². The van der Waals surface area contributed by atoms with E-state index in [0.717, 1.165) is 6.04 Å². The van der Waals surface area contributed by atoms with Gasteiger partial charge in [0.25, 0.3) is 0 Å². The topological polar surface area (TPSA) is 23.5 Å². The highest BCUT2D eigenvalue weighted by Gasteiger charge is 2.28. The van der Waals surface area contributed by atoms with Crippen molar-refractivity contribution in [3.05, 3.63) is 0 Å². The van der Waals surface area contributed by atoms with E-state index in [4.69, 9.17) is 5.11 Å². The minimum atomic E-state index is 0.330. The Morgan fingerprint density at radius 3 is 2.45 bits per heavy atom. The van der Waals surface area contributed by atoms with E-state index in [1.807, 2.05) is 0 Å². The van der Waals surface area contributed by atoms with Gasteiger partial charge in [0.1, 0.15) is 0 Å². The van der Waals surface area contributed by atoms with Crippen LogP contribution in [0.1, 0.15) is 32.6 Å². The van der Waals surface area contributed by atoms with Gasteiger partial charge < -0.3 is 5.11 Å². The molecule has 66 valence electrons. The van der Waals surface area contributed by atoms with Gasteiger partial charge in [-0.3, -0.25) is 4.90 Å². The second kappa shape index (κ2) is 4.07. The predicted octanol–water partition coefficient (Wildman–Crippen LogP) is 1.24. The smallest absolute Gasteiger partial charge is 0.0586 e. The highest BCUT2D eigenvalue weighted by molar-refractivity contribution is 4.84. The first kappa shape index (κ1) is 9.01. The number of aliphatic hydroxyl groups is 1. The molecule has 1 rings (SSSR count). The molecule has 0 bridgehead atoms. The SMILES string of the molecule is CCC[C@@H]1CC[C@H](CO)N1C. The summed E-state index contributed by atoms with van der Waals surface area (Å²) in [4.78, 5) is 2.34. The summed E-state index contributed by atoms with van der Waals surface area (Å²) >= 11 is 0. The van der Waals surface area contributed by atoms with Crippen molar-refractivity contribution in [2.24, 2.45) is 0 Å². The Hall–Kier alpha value is -0.0800. The van der Waals surface area contributed by atoms with Gasteiger partial charge in [-0.25, -0.2) is 0 Å². The first-order valence-corrected chi connectivity index (χ1v) is 4.62. The molecule has 0 amide bonds. The largest absolute Gasteiger partial charge is 0.395 e. The molecule has 0 aromatic rings. The maximum Gasteiger partial charge on any atom is 0.0586 e. The number of nitrogens with zero attached hydrogens (tertiary/aromatic N) is 1. The maximum atomic E-state index is 8.98. The van der Waals surface area contributed by atoms with Crippen LogP contribution >= 0.6 is 0 Å². The number of likely N-dealkylation sites (N-methyl/N-ethyl adjacent to an activating group) is 1. The highest BCUT2D eigenvalue weighted by Crippen LogP contribution is 2.24. The molecular weight excluding hydrogens is 138 g/mol. The average Bonchev–Trinajstić information content (AvgIpc) is 2.34. The minimum Gasteiger partial charge on any atom is -0.395 e. The van der Waals surface area contributed by atoms with Crippen LogP contribution in [0.25, 0.3) is 0 Å². The molecule has 2 heteroatoms. The second-order valence-corrected chi connectivity index (χ2v) is 3.52. The summed E-state index contributed by atoms with van der Waals surface area (Å²) in [5.74, 6) is 0. The zero-order valence-corrected chi connectivity index (χ0v) is 7.58. The zero-order valence-electron chi connectivity index (χ0n) is 7.58. The van der Waals surface area contributed by atoms with E-state index in [-0.39, 0.29) is 0 Å². The van der Waals surface area contributed by atoms with Crippen molar-refractivity contribution in [2.45, 2.75) is 44.7 Å². The van der Waals surface area contributed by atoms with Gasteiger partial charge in [-0.1, -0.05) is 13.3 Å². The summed E-state index contributed by atoms with van der Waals surface area (Å²) in [5.41, 5.74) is 0. The summed E-state index contributed by atoms with van der Waals surface area (Å²) in [7, 11) is 2.13. The fourth-order valence-corrected chi connectivity index (χ4v) is 1.99. The molecule has 2 atom stereocenters. The lowest BCUT2D eigenvalue weighted by molar-refractivity contribution is 0.152. The number of aliphatic hydroxyl groups excluding tert-OH is 1. The Bertz CT molecular complexity index is 116. The van der Waals surface area contributed by atoms with Gasteiger partial charge in [-0.2, -0.15) is 0 Å². The van der Waals surface area contributed by atoms with Crippen molar-refractivity contribution in [2.75, 3.05) is 13.7 Å². The van der Waals surface area contributed by atoms with Crippen LogP contribution in [0.4, 0.5) is 0 Å². The van der Waals surface area contributed by atoms with Gasteiger partial charge in [0.2, 0.25) is 0 Å². The van der Waals surface area contributed by atoms with Crippen LogP contribution in [0, 0.1) is 0 Å². The number of likely N-dealkylation sites (tertiary alicyclic amines) is 1. The van der Waals surface area contributed by atoms with Gasteiger partial charge in [0, 0.05) is 12.1 Å². The quantitative estimate of drug-likeness (QED) is 0.666. The minimum absolute atomic E-state index is 0.330. The van der Waals surface area contributed by atoms with Crippen molar-refractivity contribution in [3.63, 3.8) is 0 Å². The van der Waals surface area contributed by atoms with E-state index < -0.39 is 0 Å². The van der Waals surface area contributed by atoms with Gasteiger partial charge in [0.05, 0.1) is 6.61 Å². The first-order chi connectivity index (χ1) is 5.29. The average molecular weight is 157 g/mol. The molecule has 0 aliphatic carbocycles. The second-order valence-electron chi connectivity index (χ2n) is 3.52. The van der Waals surface area contributed by atoms with E-state index in [1.54, 1.807) is 0 Å². The van der Waals surface area contributed by atoms with Gasteiger partial charge in [-0.15, -0.1) is 0 Å². The van der Waals surface area contributed by atoms with Gasteiger partial charge in [0.15, 0.2) is 0 Å². The highest BCUT2D eigenvalue weighted by atomic mass is 16.3. The van der Waals surface area contributed by atoms with Crippen LogP contribution in [0.2, 0.25) is 0 Å². The third kappa shape index (κ3) is 1.94. The maximum absolute atomic E-state index is 8.98. The summed E-state index contributed by atoms with van der Waals surface area (Å²) in [6, 6.07) is 1.17. The van der Waals surface area contributed by atoms with Crippen LogP contribution in [-0.4, -0.2) is 35.7 Å². The Kier molecular flexibility index (Phi) is 3.34. The molecule has 0 aromatic heterocycles. The Labute approximate surface area is 69.2 Å². The molecule has 1 heterocycles. The lowest BCUT2D eigenvalue weighted by atomic mass is 10.1. The molecule has 0 unspecified atom stereocenters. The number of rotatable bonds is 3. The normalized spacial score (nSPS) is 33.0. The lowest BCUT2D eigenvalue weighted by Crippen LogP contribution is -2.34. The molecule has 0 spiro atoms. The van der Waals surface area contributed by atoms with E-state index in [0.29, 0.717) is 12.6 Å². The van der Waals surface area contributed by atoms with Crippen LogP contribution in [0.15, 0.2) is 0 Å². The molecule has 1 aliphatic heterocycles. The Morgan fingerprint density at radius 2 is 2.00 bits per heavy atom. The molecule has 0 saturated carbocycles. The van der Waals surface area contributed by atoms with Crippen LogP contribution in [0.3, 0.4) is 0 Å². The summed E-state index contributed by atoms with van der Waals surface area (Å²) in [6.45, 7) is 2.55. The molecule has 1 aliphatic rings. The van der Waals surface area contributed by atoms with Crippen LogP contribution in [-0.2, 0) is 0 Å². The third-order valence-electron chi connectivity index (χ3n) is 2.82. The van der Waals surface area contributed by atoms with Gasteiger partial charge >= 0.3 is 0 Å². The molecule has 1 saturated heterocycles. The molecular formula is C9H19NO. The summed E-state index contributed by atoms with van der Waals surface area (Å²) < 4.78 is 0. The van der Waals surface area contributed by atoms with Crippen molar-refractivity contribution >= 4 is 0 Å². The summed E-state index contributed by atoms with van der Waals surface area (Å²) in [6.07, 6.45) is 4.99. The van der Waals surface area contributed by atoms with Crippen molar-refractivity contribution < 1.29 is 5.11 Å². The fourth-order valence-electron chi connectivity index (χ4n) is 1.99. The Morgan fingerprint density at radius 1 is 1.36 bits per heavy atom. The molecule has 2 nitrogen and oxygen atoms in total. The lowest BCUT2D eigenvalue weighted by Gasteiger charge is -2.23. The van der Waals surface area contributed by atoms with Crippen molar-refractivity contribution in [1.82, 2.24) is 4.90 Å². The summed E-state index contributed by atoms with van der Waals surface area (Å²) in [5, 5.41) is 8.98. The van der Waals surface area contributed by atoms with E-state index in [9.17, 15) is 0 Å². The molecule has 1 N–H and O–H groups in total. The van der Waals surface area contributed by atoms with Crippen LogP contribution < -0.4 is 0 Å². The van der Waals surface area contributed by atoms with Crippen LogP contribution in [0.5, 0.6) is 0 Å². The predicted molar refractivity (Wildman–Crippen MR) is 46.6 cm³/mol. The van der Waals surface area contributed by atoms with E-state index in [1.165, 1.54) is 25.7 Å². The molecule has 1 fully saturated rings. The number of hydrogen-bond acceptors (Lipinski definition) is 2. The molecule has 0 radical (unpaired) electrons.